The van der Waals surface area contributed by atoms with Crippen molar-refractivity contribution in [3.8, 4) is 0 Å². The second-order valence-corrected chi connectivity index (χ2v) is 6.04. The number of halogens is 1. The lowest BCUT2D eigenvalue weighted by Crippen LogP contribution is -2.26. The number of para-hydroxylation sites is 3. The smallest absolute Gasteiger partial charge is 0.260 e. The summed E-state index contributed by atoms with van der Waals surface area (Å²) in [6, 6.07) is 18.5. The summed E-state index contributed by atoms with van der Waals surface area (Å²) < 4.78 is 14.2. The molecule has 0 bridgehead atoms. The van der Waals surface area contributed by atoms with E-state index in [1.807, 2.05) is 30.3 Å². The van der Waals surface area contributed by atoms with Crippen molar-refractivity contribution in [2.45, 2.75) is 0 Å². The minimum atomic E-state index is -0.528. The summed E-state index contributed by atoms with van der Waals surface area (Å²) in [5, 5.41) is 0.619. The number of benzene rings is 3. The number of fused-ring (bicyclic) bond motifs is 2. The molecule has 128 valence electrons. The molecule has 0 radical (unpaired) electrons. The summed E-state index contributed by atoms with van der Waals surface area (Å²) in [6.07, 6.45) is 0. The molecule has 1 aromatic heterocycles. The zero-order valence-electron chi connectivity index (χ0n) is 14.0. The number of pyridine rings is 1. The van der Waals surface area contributed by atoms with Gasteiger partial charge in [0.25, 0.3) is 5.91 Å². The number of anilines is 1. The number of rotatable bonds is 2. The highest BCUT2D eigenvalue weighted by Crippen LogP contribution is 2.22. The van der Waals surface area contributed by atoms with Gasteiger partial charge in [0.05, 0.1) is 16.6 Å². The molecule has 26 heavy (non-hydrogen) atoms. The van der Waals surface area contributed by atoms with Crippen LogP contribution in [0.5, 0.6) is 0 Å². The highest BCUT2D eigenvalue weighted by atomic mass is 19.1. The summed E-state index contributed by atoms with van der Waals surface area (Å²) >= 11 is 0. The zero-order chi connectivity index (χ0) is 18.3. The molecule has 0 saturated heterocycles. The number of nitrogens with one attached hydrogen (secondary N) is 1. The highest BCUT2D eigenvalue weighted by molar-refractivity contribution is 6.13. The molecule has 0 aliphatic carbocycles. The van der Waals surface area contributed by atoms with E-state index < -0.39 is 5.82 Å². The molecular formula is C21H15FN2O2. The first kappa shape index (κ1) is 16.0. The van der Waals surface area contributed by atoms with Crippen LogP contribution in [0.25, 0.3) is 21.8 Å². The van der Waals surface area contributed by atoms with Gasteiger partial charge in [-0.25, -0.2) is 4.39 Å². The van der Waals surface area contributed by atoms with E-state index in [-0.39, 0.29) is 22.2 Å². The maximum atomic E-state index is 14.2. The van der Waals surface area contributed by atoms with Crippen LogP contribution < -0.4 is 10.3 Å². The molecule has 3 aromatic carbocycles. The second-order valence-electron chi connectivity index (χ2n) is 6.04. The van der Waals surface area contributed by atoms with Crippen molar-refractivity contribution in [2.75, 3.05) is 11.9 Å². The molecule has 1 heterocycles. The summed E-state index contributed by atoms with van der Waals surface area (Å²) in [6.45, 7) is 0. The van der Waals surface area contributed by atoms with Gasteiger partial charge >= 0.3 is 0 Å². The third-order valence-electron chi connectivity index (χ3n) is 4.50. The van der Waals surface area contributed by atoms with E-state index in [9.17, 15) is 14.0 Å². The fourth-order valence-electron chi connectivity index (χ4n) is 3.11. The van der Waals surface area contributed by atoms with Crippen molar-refractivity contribution < 1.29 is 9.18 Å². The SMILES string of the molecule is CN(C(=O)c1cccc2c(=O)c3cccc(F)c3[nH]c12)c1ccccc1. The van der Waals surface area contributed by atoms with Gasteiger partial charge in [-0.15, -0.1) is 0 Å². The molecule has 1 amide bonds. The van der Waals surface area contributed by atoms with Crippen LogP contribution in [-0.2, 0) is 0 Å². The van der Waals surface area contributed by atoms with Crippen molar-refractivity contribution in [2.24, 2.45) is 0 Å². The third-order valence-corrected chi connectivity index (χ3v) is 4.50. The van der Waals surface area contributed by atoms with Crippen LogP contribution in [0, 0.1) is 5.82 Å². The fourth-order valence-corrected chi connectivity index (χ4v) is 3.11. The minimum Gasteiger partial charge on any atom is -0.351 e. The van der Waals surface area contributed by atoms with Gasteiger partial charge < -0.3 is 9.88 Å². The Morgan fingerprint density at radius 2 is 1.54 bits per heavy atom. The van der Waals surface area contributed by atoms with Crippen LogP contribution in [0.3, 0.4) is 0 Å². The Bertz CT molecular complexity index is 1200. The molecule has 0 aliphatic heterocycles. The average molecular weight is 346 g/mol. The van der Waals surface area contributed by atoms with Gasteiger partial charge in [-0.3, -0.25) is 9.59 Å². The van der Waals surface area contributed by atoms with E-state index in [1.54, 1.807) is 31.3 Å². The standard InChI is InChI=1S/C21H15FN2O2/c1-24(13-7-3-2-4-8-13)21(26)16-11-5-9-14-18(16)23-19-15(20(14)25)10-6-12-17(19)22/h2-12H,1H3,(H,23,25). The maximum Gasteiger partial charge on any atom is 0.260 e. The Morgan fingerprint density at radius 1 is 0.885 bits per heavy atom. The van der Waals surface area contributed by atoms with Crippen LogP contribution in [-0.4, -0.2) is 17.9 Å². The molecule has 0 unspecified atom stereocenters. The Balaban J connectivity index is 1.96. The molecule has 4 rings (SSSR count). The minimum absolute atomic E-state index is 0.104. The van der Waals surface area contributed by atoms with E-state index in [0.29, 0.717) is 16.5 Å². The topological polar surface area (TPSA) is 53.2 Å². The Morgan fingerprint density at radius 3 is 2.27 bits per heavy atom. The van der Waals surface area contributed by atoms with Gasteiger partial charge in [0, 0.05) is 23.5 Å². The van der Waals surface area contributed by atoms with Gasteiger partial charge in [-0.1, -0.05) is 30.3 Å². The summed E-state index contributed by atoms with van der Waals surface area (Å²) in [5.74, 6) is -0.812. The number of amides is 1. The van der Waals surface area contributed by atoms with Crippen molar-refractivity contribution in [1.82, 2.24) is 4.98 Å². The third kappa shape index (κ3) is 2.45. The molecule has 4 aromatic rings. The number of nitrogens with zero attached hydrogens (tertiary/aromatic N) is 1. The number of hydrogen-bond acceptors (Lipinski definition) is 2. The Labute approximate surface area is 148 Å². The molecule has 0 aliphatic rings. The first-order valence-electron chi connectivity index (χ1n) is 8.14. The number of aromatic nitrogens is 1. The number of H-pyrrole nitrogens is 1. The molecule has 4 nitrogen and oxygen atoms in total. The van der Waals surface area contributed by atoms with E-state index in [2.05, 4.69) is 4.98 Å². The van der Waals surface area contributed by atoms with Crippen LogP contribution in [0.1, 0.15) is 10.4 Å². The van der Waals surface area contributed by atoms with Crippen LogP contribution in [0.4, 0.5) is 10.1 Å². The number of hydrogen-bond donors (Lipinski definition) is 1. The predicted molar refractivity (Wildman–Crippen MR) is 101 cm³/mol. The summed E-state index contributed by atoms with van der Waals surface area (Å²) in [5.41, 5.74) is 1.18. The Hall–Kier alpha value is -3.47. The molecule has 0 spiro atoms. The van der Waals surface area contributed by atoms with Crippen LogP contribution in [0.2, 0.25) is 0 Å². The van der Waals surface area contributed by atoms with Gasteiger partial charge in [-0.2, -0.15) is 0 Å². The van der Waals surface area contributed by atoms with Crippen molar-refractivity contribution >= 4 is 33.4 Å². The quantitative estimate of drug-likeness (QED) is 0.556. The molecule has 0 atom stereocenters. The van der Waals surface area contributed by atoms with Gasteiger partial charge in [0.15, 0.2) is 5.43 Å². The highest BCUT2D eigenvalue weighted by Gasteiger charge is 2.19. The van der Waals surface area contributed by atoms with E-state index in [1.165, 1.54) is 17.0 Å². The fraction of sp³-hybridized carbons (Fsp3) is 0.0476. The maximum absolute atomic E-state index is 14.2. The normalized spacial score (nSPS) is 11.0. The average Bonchev–Trinajstić information content (AvgIpc) is 2.68. The molecule has 0 saturated carbocycles. The predicted octanol–water partition coefficient (Wildman–Crippen LogP) is 4.10. The van der Waals surface area contributed by atoms with Gasteiger partial charge in [0.1, 0.15) is 5.82 Å². The first-order chi connectivity index (χ1) is 12.6. The monoisotopic (exact) mass is 346 g/mol. The summed E-state index contributed by atoms with van der Waals surface area (Å²) in [4.78, 5) is 30.2. The summed E-state index contributed by atoms with van der Waals surface area (Å²) in [7, 11) is 1.66. The lowest BCUT2D eigenvalue weighted by Gasteiger charge is -2.18. The van der Waals surface area contributed by atoms with E-state index >= 15 is 0 Å². The van der Waals surface area contributed by atoms with Crippen LogP contribution in [0.15, 0.2) is 71.5 Å². The first-order valence-corrected chi connectivity index (χ1v) is 8.14. The number of carbonyl (C=O) groups is 1. The number of carbonyl (C=O) groups excluding carboxylic acids is 1. The molecule has 0 fully saturated rings. The van der Waals surface area contributed by atoms with E-state index in [4.69, 9.17) is 0 Å². The second kappa shape index (κ2) is 6.11. The number of aromatic amines is 1. The van der Waals surface area contributed by atoms with Gasteiger partial charge in [0.2, 0.25) is 0 Å². The largest absolute Gasteiger partial charge is 0.351 e. The van der Waals surface area contributed by atoms with Gasteiger partial charge in [-0.05, 0) is 36.4 Å². The van der Waals surface area contributed by atoms with Crippen molar-refractivity contribution in [3.05, 3.63) is 88.3 Å². The zero-order valence-corrected chi connectivity index (χ0v) is 14.0. The molecular weight excluding hydrogens is 331 g/mol. The lowest BCUT2D eigenvalue weighted by atomic mass is 10.0. The van der Waals surface area contributed by atoms with Crippen molar-refractivity contribution in [1.29, 1.82) is 0 Å². The van der Waals surface area contributed by atoms with Crippen LogP contribution >= 0.6 is 0 Å². The lowest BCUT2D eigenvalue weighted by molar-refractivity contribution is 0.0994. The molecule has 1 N–H and O–H groups in total. The van der Waals surface area contributed by atoms with E-state index in [0.717, 1.165) is 5.69 Å². The van der Waals surface area contributed by atoms with Crippen molar-refractivity contribution in [3.63, 3.8) is 0 Å². The molecule has 5 heteroatoms. The Kier molecular flexibility index (Phi) is 3.77.